The number of nitrogens with zero attached hydrogens (tertiary/aromatic N) is 4. The summed E-state index contributed by atoms with van der Waals surface area (Å²) >= 11 is 0. The van der Waals surface area contributed by atoms with Gasteiger partial charge in [-0.2, -0.15) is 0 Å². The van der Waals surface area contributed by atoms with E-state index in [1.807, 2.05) is 40.1 Å². The highest BCUT2D eigenvalue weighted by molar-refractivity contribution is 6.00. The van der Waals surface area contributed by atoms with Crippen molar-refractivity contribution in [3.63, 3.8) is 0 Å². The summed E-state index contributed by atoms with van der Waals surface area (Å²) in [6.45, 7) is 3.68. The third-order valence-electron chi connectivity index (χ3n) is 5.70. The monoisotopic (exact) mass is 364 g/mol. The third kappa shape index (κ3) is 3.31. The number of piperidine rings is 2. The number of amides is 2. The van der Waals surface area contributed by atoms with Gasteiger partial charge >= 0.3 is 0 Å². The van der Waals surface area contributed by atoms with Gasteiger partial charge in [0, 0.05) is 37.7 Å². The van der Waals surface area contributed by atoms with E-state index in [1.165, 1.54) is 0 Å². The lowest BCUT2D eigenvalue weighted by molar-refractivity contribution is -0.133. The average molecular weight is 364 g/mol. The zero-order valence-corrected chi connectivity index (χ0v) is 15.6. The Hall–Kier alpha value is -2.76. The zero-order chi connectivity index (χ0) is 18.9. The van der Waals surface area contributed by atoms with Gasteiger partial charge in [0.15, 0.2) is 0 Å². The first kappa shape index (κ1) is 17.6. The molecule has 6 nitrogen and oxygen atoms in total. The van der Waals surface area contributed by atoms with Gasteiger partial charge in [-0.05, 0) is 44.7 Å². The van der Waals surface area contributed by atoms with E-state index in [9.17, 15) is 9.59 Å². The molecule has 1 unspecified atom stereocenters. The lowest BCUT2D eigenvalue weighted by Gasteiger charge is -2.47. The predicted octanol–water partition coefficient (Wildman–Crippen LogP) is 2.83. The van der Waals surface area contributed by atoms with Gasteiger partial charge < -0.3 is 9.80 Å². The number of carbonyl (C=O) groups excluding carboxylic acids is 2. The van der Waals surface area contributed by atoms with Crippen molar-refractivity contribution in [2.24, 2.45) is 5.41 Å². The molecule has 2 saturated heterocycles. The normalized spacial score (nSPS) is 22.9. The van der Waals surface area contributed by atoms with Crippen LogP contribution in [-0.4, -0.2) is 46.3 Å². The fourth-order valence-electron chi connectivity index (χ4n) is 4.29. The summed E-state index contributed by atoms with van der Waals surface area (Å²) in [6.07, 6.45) is 6.62. The van der Waals surface area contributed by atoms with Gasteiger partial charge in [0.05, 0.1) is 11.0 Å². The minimum Gasteiger partial charge on any atom is -0.337 e. The zero-order valence-electron chi connectivity index (χ0n) is 15.6. The maximum absolute atomic E-state index is 13.4. The Kier molecular flexibility index (Phi) is 4.64. The van der Waals surface area contributed by atoms with Crippen molar-refractivity contribution in [3.05, 3.63) is 54.1 Å². The Labute approximate surface area is 159 Å². The Morgan fingerprint density at radius 3 is 2.41 bits per heavy atom. The van der Waals surface area contributed by atoms with Crippen LogP contribution >= 0.6 is 0 Å². The highest BCUT2D eigenvalue weighted by atomic mass is 16.2. The van der Waals surface area contributed by atoms with Crippen molar-refractivity contribution in [2.75, 3.05) is 24.5 Å². The molecule has 4 rings (SSSR count). The number of anilines is 1. The van der Waals surface area contributed by atoms with Gasteiger partial charge in [-0.3, -0.25) is 9.59 Å². The van der Waals surface area contributed by atoms with Crippen LogP contribution in [0.25, 0.3) is 0 Å². The topological polar surface area (TPSA) is 66.4 Å². The van der Waals surface area contributed by atoms with E-state index in [-0.39, 0.29) is 11.8 Å². The Morgan fingerprint density at radius 1 is 1.04 bits per heavy atom. The van der Waals surface area contributed by atoms with Crippen LogP contribution in [0.4, 0.5) is 5.69 Å². The molecule has 3 heterocycles. The van der Waals surface area contributed by atoms with E-state index in [0.29, 0.717) is 24.5 Å². The fourth-order valence-corrected chi connectivity index (χ4v) is 4.29. The second kappa shape index (κ2) is 7.10. The van der Waals surface area contributed by atoms with E-state index in [0.717, 1.165) is 37.9 Å². The molecule has 2 aliphatic heterocycles. The smallest absolute Gasteiger partial charge is 0.257 e. The van der Waals surface area contributed by atoms with Gasteiger partial charge in [0.25, 0.3) is 5.91 Å². The first-order valence-corrected chi connectivity index (χ1v) is 9.54. The molecule has 2 amide bonds. The third-order valence-corrected chi connectivity index (χ3v) is 5.70. The van der Waals surface area contributed by atoms with E-state index in [2.05, 4.69) is 9.97 Å². The molecule has 0 radical (unpaired) electrons. The van der Waals surface area contributed by atoms with Crippen LogP contribution in [0, 0.1) is 12.3 Å². The summed E-state index contributed by atoms with van der Waals surface area (Å²) in [5.41, 5.74) is 0.950. The van der Waals surface area contributed by atoms with Crippen LogP contribution in [0.2, 0.25) is 0 Å². The summed E-state index contributed by atoms with van der Waals surface area (Å²) in [6, 6.07) is 9.83. The van der Waals surface area contributed by atoms with Crippen molar-refractivity contribution >= 4 is 17.5 Å². The second-order valence-corrected chi connectivity index (χ2v) is 7.53. The number of hydrogen-bond acceptors (Lipinski definition) is 4. The molecular weight excluding hydrogens is 340 g/mol. The van der Waals surface area contributed by atoms with E-state index < -0.39 is 5.41 Å². The molecule has 2 aliphatic rings. The summed E-state index contributed by atoms with van der Waals surface area (Å²) in [4.78, 5) is 38.3. The molecule has 0 saturated carbocycles. The first-order chi connectivity index (χ1) is 13.1. The molecule has 1 spiro atoms. The van der Waals surface area contributed by atoms with Crippen LogP contribution < -0.4 is 4.90 Å². The Balaban J connectivity index is 1.56. The summed E-state index contributed by atoms with van der Waals surface area (Å²) in [7, 11) is 0. The SMILES string of the molecule is Cc1ncc(C(=O)N2CCCC3(CCCN(c4ccccc4)C3=O)C2)cn1. The molecule has 6 heteroatoms. The largest absolute Gasteiger partial charge is 0.337 e. The lowest BCUT2D eigenvalue weighted by Crippen LogP contribution is -2.57. The molecule has 1 atom stereocenters. The molecule has 2 fully saturated rings. The number of carbonyl (C=O) groups is 2. The van der Waals surface area contributed by atoms with E-state index >= 15 is 0 Å². The van der Waals surface area contributed by atoms with Crippen LogP contribution in [0.15, 0.2) is 42.7 Å². The molecule has 140 valence electrons. The minimum absolute atomic E-state index is 0.0845. The quantitative estimate of drug-likeness (QED) is 0.822. The maximum Gasteiger partial charge on any atom is 0.257 e. The molecule has 2 aromatic rings. The molecule has 0 N–H and O–H groups in total. The van der Waals surface area contributed by atoms with Crippen molar-refractivity contribution in [1.29, 1.82) is 0 Å². The molecule has 1 aromatic carbocycles. The maximum atomic E-state index is 13.4. The highest BCUT2D eigenvalue weighted by Gasteiger charge is 2.47. The van der Waals surface area contributed by atoms with Gasteiger partial charge in [-0.25, -0.2) is 9.97 Å². The highest BCUT2D eigenvalue weighted by Crippen LogP contribution is 2.41. The summed E-state index contributed by atoms with van der Waals surface area (Å²) in [5.74, 6) is 0.707. The number of benzene rings is 1. The van der Waals surface area contributed by atoms with Gasteiger partial charge in [-0.15, -0.1) is 0 Å². The number of hydrogen-bond donors (Lipinski definition) is 0. The number of para-hydroxylation sites is 1. The van der Waals surface area contributed by atoms with Crippen molar-refractivity contribution in [3.8, 4) is 0 Å². The van der Waals surface area contributed by atoms with Crippen LogP contribution in [0.3, 0.4) is 0 Å². The van der Waals surface area contributed by atoms with Gasteiger partial charge in [0.1, 0.15) is 5.82 Å². The van der Waals surface area contributed by atoms with Gasteiger partial charge in [-0.1, -0.05) is 18.2 Å². The lowest BCUT2D eigenvalue weighted by atomic mass is 9.72. The first-order valence-electron chi connectivity index (χ1n) is 9.54. The second-order valence-electron chi connectivity index (χ2n) is 7.53. The van der Waals surface area contributed by atoms with Gasteiger partial charge in [0.2, 0.25) is 5.91 Å². The van der Waals surface area contributed by atoms with Crippen molar-refractivity contribution in [2.45, 2.75) is 32.6 Å². The number of aryl methyl sites for hydroxylation is 1. The van der Waals surface area contributed by atoms with E-state index in [4.69, 9.17) is 0 Å². The number of likely N-dealkylation sites (tertiary alicyclic amines) is 1. The number of rotatable bonds is 2. The van der Waals surface area contributed by atoms with Crippen LogP contribution in [-0.2, 0) is 4.79 Å². The van der Waals surface area contributed by atoms with E-state index in [1.54, 1.807) is 19.3 Å². The number of aromatic nitrogens is 2. The minimum atomic E-state index is -0.479. The average Bonchev–Trinajstić information content (AvgIpc) is 2.71. The Bertz CT molecular complexity index is 833. The molecule has 1 aromatic heterocycles. The van der Waals surface area contributed by atoms with Crippen LogP contribution in [0.5, 0.6) is 0 Å². The summed E-state index contributed by atoms with van der Waals surface area (Å²) < 4.78 is 0. The Morgan fingerprint density at radius 2 is 1.70 bits per heavy atom. The summed E-state index contributed by atoms with van der Waals surface area (Å²) in [5, 5.41) is 0. The van der Waals surface area contributed by atoms with Crippen molar-refractivity contribution < 1.29 is 9.59 Å². The van der Waals surface area contributed by atoms with Crippen molar-refractivity contribution in [1.82, 2.24) is 14.9 Å². The predicted molar refractivity (Wildman–Crippen MR) is 102 cm³/mol. The molecule has 0 bridgehead atoms. The molecular formula is C21H24N4O2. The standard InChI is InChI=1S/C21H24N4O2/c1-16-22-13-17(14-23-16)19(26)24-11-5-9-21(15-24)10-6-12-25(20(21)27)18-7-3-2-4-8-18/h2-4,7-8,13-14H,5-6,9-12,15H2,1H3. The fraction of sp³-hybridized carbons (Fsp3) is 0.429. The van der Waals surface area contributed by atoms with Crippen LogP contribution in [0.1, 0.15) is 41.9 Å². The molecule has 0 aliphatic carbocycles. The molecule has 27 heavy (non-hydrogen) atoms.